The number of benzene rings is 1. The van der Waals surface area contributed by atoms with Crippen molar-refractivity contribution in [3.8, 4) is 0 Å². The Hall–Kier alpha value is -1.28. The Morgan fingerprint density at radius 3 is 2.70 bits per heavy atom. The Bertz CT molecular complexity index is 542. The van der Waals surface area contributed by atoms with Crippen molar-refractivity contribution in [2.75, 3.05) is 0 Å². The highest BCUT2D eigenvalue weighted by Crippen LogP contribution is 2.59. The first-order valence-electron chi connectivity index (χ1n) is 6.88. The van der Waals surface area contributed by atoms with Crippen molar-refractivity contribution in [2.24, 2.45) is 17.3 Å². The monoisotopic (exact) mass is 292 g/mol. The quantitative estimate of drug-likeness (QED) is 0.598. The SMILES string of the molecule is CC(C)=C[C@@H]1[C@@H](C(=O)OCc2cccc(Cl)c2)C1(C)C. The zero-order chi connectivity index (χ0) is 14.9. The lowest BCUT2D eigenvalue weighted by atomic mass is 10.1. The molecule has 0 heterocycles. The molecule has 0 bridgehead atoms. The molecule has 0 amide bonds. The zero-order valence-electron chi connectivity index (χ0n) is 12.4. The van der Waals surface area contributed by atoms with E-state index in [1.54, 1.807) is 0 Å². The number of ether oxygens (including phenoxy) is 1. The first-order valence-corrected chi connectivity index (χ1v) is 7.26. The molecule has 0 N–H and O–H groups in total. The summed E-state index contributed by atoms with van der Waals surface area (Å²) >= 11 is 5.91. The topological polar surface area (TPSA) is 26.3 Å². The Balaban J connectivity index is 1.95. The maximum atomic E-state index is 12.2. The van der Waals surface area contributed by atoms with Crippen LogP contribution >= 0.6 is 11.6 Å². The van der Waals surface area contributed by atoms with Crippen LogP contribution in [0.3, 0.4) is 0 Å². The van der Waals surface area contributed by atoms with Crippen LogP contribution < -0.4 is 0 Å². The lowest BCUT2D eigenvalue weighted by molar-refractivity contribution is -0.147. The van der Waals surface area contributed by atoms with Gasteiger partial charge < -0.3 is 4.74 Å². The molecule has 0 spiro atoms. The zero-order valence-corrected chi connectivity index (χ0v) is 13.2. The molecule has 1 aliphatic rings. The fourth-order valence-corrected chi connectivity index (χ4v) is 2.88. The van der Waals surface area contributed by atoms with Gasteiger partial charge in [0.15, 0.2) is 0 Å². The second kappa shape index (κ2) is 5.61. The van der Waals surface area contributed by atoms with Gasteiger partial charge in [-0.3, -0.25) is 4.79 Å². The van der Waals surface area contributed by atoms with Gasteiger partial charge >= 0.3 is 5.97 Å². The number of rotatable bonds is 4. The molecule has 2 atom stereocenters. The highest BCUT2D eigenvalue weighted by atomic mass is 35.5. The number of hydrogen-bond donors (Lipinski definition) is 0. The van der Waals surface area contributed by atoms with E-state index in [0.717, 1.165) is 5.56 Å². The molecule has 1 aliphatic carbocycles. The summed E-state index contributed by atoms with van der Waals surface area (Å²) in [5.74, 6) is 0.147. The summed E-state index contributed by atoms with van der Waals surface area (Å²) < 4.78 is 5.43. The van der Waals surface area contributed by atoms with Gasteiger partial charge in [0.2, 0.25) is 0 Å². The Morgan fingerprint density at radius 1 is 1.40 bits per heavy atom. The van der Waals surface area contributed by atoms with Crippen LogP contribution in [0.2, 0.25) is 5.02 Å². The average molecular weight is 293 g/mol. The fraction of sp³-hybridized carbons (Fsp3) is 0.471. The van der Waals surface area contributed by atoms with Gasteiger partial charge in [-0.25, -0.2) is 0 Å². The van der Waals surface area contributed by atoms with Crippen LogP contribution in [0.25, 0.3) is 0 Å². The van der Waals surface area contributed by atoms with Gasteiger partial charge in [-0.15, -0.1) is 0 Å². The van der Waals surface area contributed by atoms with E-state index >= 15 is 0 Å². The van der Waals surface area contributed by atoms with E-state index in [-0.39, 0.29) is 23.9 Å². The molecule has 20 heavy (non-hydrogen) atoms. The van der Waals surface area contributed by atoms with Crippen LogP contribution in [0.5, 0.6) is 0 Å². The van der Waals surface area contributed by atoms with Crippen LogP contribution in [0.4, 0.5) is 0 Å². The van der Waals surface area contributed by atoms with Crippen LogP contribution in [0, 0.1) is 17.3 Å². The van der Waals surface area contributed by atoms with Crippen molar-refractivity contribution in [2.45, 2.75) is 34.3 Å². The summed E-state index contributed by atoms with van der Waals surface area (Å²) in [6.45, 7) is 8.63. The Labute approximate surface area is 125 Å². The molecule has 1 fully saturated rings. The molecular formula is C17H21ClO2. The molecule has 0 aromatic heterocycles. The lowest BCUT2D eigenvalue weighted by Crippen LogP contribution is -2.10. The molecule has 3 heteroatoms. The minimum absolute atomic E-state index is 0.00266. The Morgan fingerprint density at radius 2 is 2.10 bits per heavy atom. The molecule has 108 valence electrons. The number of carbonyl (C=O) groups is 1. The summed E-state index contributed by atoms with van der Waals surface area (Å²) in [5.41, 5.74) is 2.17. The smallest absolute Gasteiger partial charge is 0.310 e. The lowest BCUT2D eigenvalue weighted by Gasteiger charge is -2.06. The van der Waals surface area contributed by atoms with Crippen LogP contribution in [-0.2, 0) is 16.1 Å². The van der Waals surface area contributed by atoms with E-state index in [1.165, 1.54) is 5.57 Å². The highest BCUT2D eigenvalue weighted by Gasteiger charge is 2.61. The van der Waals surface area contributed by atoms with Gasteiger partial charge in [0.1, 0.15) is 6.61 Å². The standard InChI is InChI=1S/C17H21ClO2/c1-11(2)8-14-15(17(14,3)4)16(19)20-10-12-6-5-7-13(18)9-12/h5-9,14-15H,10H2,1-4H3/t14-,15+/m1/s1. The fourth-order valence-electron chi connectivity index (χ4n) is 2.67. The van der Waals surface area contributed by atoms with Crippen LogP contribution in [0.1, 0.15) is 33.3 Å². The van der Waals surface area contributed by atoms with Gasteiger partial charge in [0, 0.05) is 5.02 Å². The number of carbonyl (C=O) groups excluding carboxylic acids is 1. The van der Waals surface area contributed by atoms with Crippen molar-refractivity contribution in [1.82, 2.24) is 0 Å². The van der Waals surface area contributed by atoms with Crippen molar-refractivity contribution in [3.63, 3.8) is 0 Å². The second-order valence-electron chi connectivity index (χ2n) is 6.31. The summed E-state index contributed by atoms with van der Waals surface area (Å²) in [4.78, 5) is 12.2. The summed E-state index contributed by atoms with van der Waals surface area (Å²) in [5, 5.41) is 0.660. The number of allylic oxidation sites excluding steroid dienone is 2. The van der Waals surface area contributed by atoms with E-state index in [9.17, 15) is 4.79 Å². The van der Waals surface area contributed by atoms with Gasteiger partial charge in [0.25, 0.3) is 0 Å². The van der Waals surface area contributed by atoms with Crippen molar-refractivity contribution in [1.29, 1.82) is 0 Å². The second-order valence-corrected chi connectivity index (χ2v) is 6.74. The largest absolute Gasteiger partial charge is 0.461 e. The van der Waals surface area contributed by atoms with Crippen LogP contribution in [0.15, 0.2) is 35.9 Å². The summed E-state index contributed by atoms with van der Waals surface area (Å²) in [6, 6.07) is 7.39. The predicted octanol–water partition coefficient (Wildman–Crippen LogP) is 4.62. The Kier molecular flexibility index (Phi) is 4.24. The van der Waals surface area contributed by atoms with Gasteiger partial charge in [-0.05, 0) is 42.9 Å². The third kappa shape index (κ3) is 3.24. The summed E-state index contributed by atoms with van der Waals surface area (Å²) in [7, 11) is 0. The number of hydrogen-bond acceptors (Lipinski definition) is 2. The molecule has 2 nitrogen and oxygen atoms in total. The number of halogens is 1. The van der Waals surface area contributed by atoms with Crippen molar-refractivity contribution < 1.29 is 9.53 Å². The van der Waals surface area contributed by atoms with Gasteiger partial charge in [-0.1, -0.05) is 49.2 Å². The molecule has 1 aromatic rings. The van der Waals surface area contributed by atoms with Gasteiger partial charge in [0.05, 0.1) is 5.92 Å². The molecule has 0 unspecified atom stereocenters. The molecular weight excluding hydrogens is 272 g/mol. The summed E-state index contributed by atoms with van der Waals surface area (Å²) in [6.07, 6.45) is 2.17. The number of esters is 1. The van der Waals surface area contributed by atoms with E-state index < -0.39 is 0 Å². The first-order chi connectivity index (χ1) is 9.32. The normalized spacial score (nSPS) is 23.1. The van der Waals surface area contributed by atoms with Crippen molar-refractivity contribution in [3.05, 3.63) is 46.5 Å². The van der Waals surface area contributed by atoms with E-state index in [0.29, 0.717) is 10.9 Å². The maximum absolute atomic E-state index is 12.2. The molecule has 2 rings (SSSR count). The van der Waals surface area contributed by atoms with E-state index in [1.807, 2.05) is 24.3 Å². The van der Waals surface area contributed by atoms with E-state index in [4.69, 9.17) is 16.3 Å². The van der Waals surface area contributed by atoms with E-state index in [2.05, 4.69) is 33.8 Å². The molecule has 0 saturated heterocycles. The average Bonchev–Trinajstić information content (AvgIpc) is 2.87. The highest BCUT2D eigenvalue weighted by molar-refractivity contribution is 6.30. The minimum atomic E-state index is -0.113. The molecule has 1 saturated carbocycles. The third-order valence-corrected chi connectivity index (χ3v) is 4.18. The third-order valence-electron chi connectivity index (χ3n) is 3.95. The van der Waals surface area contributed by atoms with Crippen LogP contribution in [-0.4, -0.2) is 5.97 Å². The molecule has 0 radical (unpaired) electrons. The minimum Gasteiger partial charge on any atom is -0.461 e. The predicted molar refractivity (Wildman–Crippen MR) is 81.4 cm³/mol. The van der Waals surface area contributed by atoms with Gasteiger partial charge in [-0.2, -0.15) is 0 Å². The molecule has 1 aromatic carbocycles. The molecule has 0 aliphatic heterocycles. The maximum Gasteiger partial charge on any atom is 0.310 e. The first kappa shape index (κ1) is 15.1. The van der Waals surface area contributed by atoms with Crippen molar-refractivity contribution >= 4 is 17.6 Å².